The Morgan fingerprint density at radius 1 is 1.25 bits per heavy atom. The van der Waals surface area contributed by atoms with E-state index >= 15 is 0 Å². The highest BCUT2D eigenvalue weighted by molar-refractivity contribution is 9.10. The molecular weight excluding hydrogens is 459 g/mol. The van der Waals surface area contributed by atoms with E-state index in [2.05, 4.69) is 26.2 Å². The zero-order valence-corrected chi connectivity index (χ0v) is 16.8. The fraction of sp³-hybridized carbons (Fsp3) is 0.158. The van der Waals surface area contributed by atoms with Gasteiger partial charge in [0.1, 0.15) is 5.69 Å². The number of pyridine rings is 1. The van der Waals surface area contributed by atoms with Crippen LogP contribution in [0.4, 0.5) is 13.2 Å². The van der Waals surface area contributed by atoms with E-state index in [4.69, 9.17) is 11.6 Å². The molecule has 0 fully saturated rings. The van der Waals surface area contributed by atoms with E-state index in [0.29, 0.717) is 6.20 Å². The molecule has 146 valence electrons. The molecule has 0 spiro atoms. The number of rotatable bonds is 4. The molecule has 0 aliphatic heterocycles. The summed E-state index contributed by atoms with van der Waals surface area (Å²) in [5.41, 5.74) is 0.154. The third kappa shape index (κ3) is 4.39. The summed E-state index contributed by atoms with van der Waals surface area (Å²) in [4.78, 5) is 16.5. The molecule has 9 heteroatoms. The molecule has 2 aromatic heterocycles. The number of hydrogen-bond donors (Lipinski definition) is 1. The minimum atomic E-state index is -4.55. The summed E-state index contributed by atoms with van der Waals surface area (Å²) in [6, 6.07) is 11.1. The first kappa shape index (κ1) is 20.4. The number of nitrogens with zero attached hydrogens (tertiary/aromatic N) is 2. The van der Waals surface area contributed by atoms with E-state index in [1.165, 1.54) is 10.8 Å². The zero-order chi connectivity index (χ0) is 20.5. The largest absolute Gasteiger partial charge is 0.417 e. The molecule has 2 heterocycles. The molecule has 1 N–H and O–H groups in total. The first-order chi connectivity index (χ1) is 13.2. The Morgan fingerprint density at radius 3 is 2.54 bits per heavy atom. The van der Waals surface area contributed by atoms with Crippen molar-refractivity contribution in [3.63, 3.8) is 0 Å². The Balaban J connectivity index is 1.85. The van der Waals surface area contributed by atoms with Crippen LogP contribution in [0.5, 0.6) is 0 Å². The van der Waals surface area contributed by atoms with Gasteiger partial charge < -0.3 is 5.32 Å². The molecule has 0 saturated heterocycles. The lowest BCUT2D eigenvalue weighted by Crippen LogP contribution is -2.28. The normalized spacial score (nSPS) is 12.6. The predicted molar refractivity (Wildman–Crippen MR) is 104 cm³/mol. The molecule has 28 heavy (non-hydrogen) atoms. The maximum Gasteiger partial charge on any atom is 0.417 e. The quantitative estimate of drug-likeness (QED) is 0.522. The summed E-state index contributed by atoms with van der Waals surface area (Å²) < 4.78 is 40.7. The van der Waals surface area contributed by atoms with Crippen molar-refractivity contribution >= 4 is 33.4 Å². The van der Waals surface area contributed by atoms with Crippen molar-refractivity contribution < 1.29 is 18.0 Å². The van der Waals surface area contributed by atoms with Crippen molar-refractivity contribution in [2.45, 2.75) is 19.1 Å². The maximum atomic E-state index is 12.8. The van der Waals surface area contributed by atoms with E-state index < -0.39 is 17.6 Å². The first-order valence-electron chi connectivity index (χ1n) is 8.13. The fourth-order valence-corrected chi connectivity index (χ4v) is 3.14. The van der Waals surface area contributed by atoms with Crippen LogP contribution in [0.1, 0.15) is 34.6 Å². The number of nitrogens with one attached hydrogen (secondary N) is 1. The van der Waals surface area contributed by atoms with Crippen LogP contribution in [0.3, 0.4) is 0 Å². The van der Waals surface area contributed by atoms with Gasteiger partial charge in [-0.15, -0.1) is 0 Å². The second kappa shape index (κ2) is 7.97. The molecule has 0 aliphatic carbocycles. The Bertz CT molecular complexity index is 1000. The van der Waals surface area contributed by atoms with Crippen LogP contribution in [0.2, 0.25) is 5.02 Å². The number of amides is 1. The number of hydrogen-bond acceptors (Lipinski definition) is 2. The van der Waals surface area contributed by atoms with Crippen LogP contribution in [-0.4, -0.2) is 15.5 Å². The number of halogens is 5. The van der Waals surface area contributed by atoms with Crippen molar-refractivity contribution in [3.05, 3.63) is 81.2 Å². The Morgan fingerprint density at radius 2 is 1.93 bits per heavy atom. The molecule has 1 aromatic carbocycles. The first-order valence-corrected chi connectivity index (χ1v) is 9.30. The predicted octanol–water partition coefficient (Wildman–Crippen LogP) is 5.80. The van der Waals surface area contributed by atoms with Gasteiger partial charge in [0.2, 0.25) is 0 Å². The topological polar surface area (TPSA) is 46.9 Å². The number of carbonyl (C=O) groups is 1. The van der Waals surface area contributed by atoms with Gasteiger partial charge in [0, 0.05) is 16.9 Å². The lowest BCUT2D eigenvalue weighted by atomic mass is 10.1. The van der Waals surface area contributed by atoms with Crippen molar-refractivity contribution in [1.29, 1.82) is 0 Å². The second-order valence-corrected chi connectivity index (χ2v) is 7.36. The Kier molecular flexibility index (Phi) is 5.81. The summed E-state index contributed by atoms with van der Waals surface area (Å²) in [6.45, 7) is 1.83. The highest BCUT2D eigenvalue weighted by Gasteiger charge is 2.32. The lowest BCUT2D eigenvalue weighted by molar-refractivity contribution is -0.137. The van der Waals surface area contributed by atoms with Crippen molar-refractivity contribution in [2.75, 3.05) is 0 Å². The number of benzene rings is 1. The Labute approximate surface area is 172 Å². The molecule has 0 radical (unpaired) electrons. The average molecular weight is 473 g/mol. The minimum Gasteiger partial charge on any atom is -0.344 e. The number of carbonyl (C=O) groups excluding carboxylic acids is 1. The van der Waals surface area contributed by atoms with Crippen LogP contribution < -0.4 is 5.32 Å². The van der Waals surface area contributed by atoms with Gasteiger partial charge in [-0.2, -0.15) is 13.2 Å². The molecule has 0 bridgehead atoms. The van der Waals surface area contributed by atoms with E-state index in [0.717, 1.165) is 16.1 Å². The van der Waals surface area contributed by atoms with Gasteiger partial charge in [0.25, 0.3) is 5.91 Å². The highest BCUT2D eigenvalue weighted by atomic mass is 79.9. The van der Waals surface area contributed by atoms with E-state index in [9.17, 15) is 18.0 Å². The SMILES string of the molecule is C[C@@H](NC(=O)c1cccn1-c1ncc(C(F)(F)F)cc1Cl)c1ccc(Br)cc1. The molecule has 1 amide bonds. The molecule has 0 aliphatic rings. The minimum absolute atomic E-state index is 0.0427. The third-order valence-electron chi connectivity index (χ3n) is 4.08. The monoisotopic (exact) mass is 471 g/mol. The van der Waals surface area contributed by atoms with Gasteiger partial charge in [0.05, 0.1) is 16.6 Å². The van der Waals surface area contributed by atoms with Crippen LogP contribution >= 0.6 is 27.5 Å². The van der Waals surface area contributed by atoms with Crippen LogP contribution in [0, 0.1) is 0 Å². The molecule has 4 nitrogen and oxygen atoms in total. The van der Waals surface area contributed by atoms with Crippen molar-refractivity contribution in [1.82, 2.24) is 14.9 Å². The van der Waals surface area contributed by atoms with Gasteiger partial charge in [-0.1, -0.05) is 39.7 Å². The number of aromatic nitrogens is 2. The average Bonchev–Trinajstić information content (AvgIpc) is 3.11. The summed E-state index contributed by atoms with van der Waals surface area (Å²) in [7, 11) is 0. The zero-order valence-electron chi connectivity index (χ0n) is 14.5. The summed E-state index contributed by atoms with van der Waals surface area (Å²) in [5.74, 6) is -0.362. The van der Waals surface area contributed by atoms with E-state index in [1.807, 2.05) is 31.2 Å². The van der Waals surface area contributed by atoms with Crippen molar-refractivity contribution in [2.24, 2.45) is 0 Å². The lowest BCUT2D eigenvalue weighted by Gasteiger charge is -2.16. The molecule has 3 rings (SSSR count). The van der Waals surface area contributed by atoms with E-state index in [1.54, 1.807) is 12.1 Å². The number of alkyl halides is 3. The molecule has 0 unspecified atom stereocenters. The standard InChI is InChI=1S/C19H14BrClF3N3O/c1-11(12-4-6-14(20)7-5-12)26-18(28)16-3-2-8-27(16)17-15(21)9-13(10-25-17)19(22,23)24/h2-11H,1H3,(H,26,28)/t11-/m1/s1. The van der Waals surface area contributed by atoms with Crippen LogP contribution in [0.15, 0.2) is 59.3 Å². The Hall–Kier alpha value is -2.32. The second-order valence-electron chi connectivity index (χ2n) is 6.04. The maximum absolute atomic E-state index is 12.8. The highest BCUT2D eigenvalue weighted by Crippen LogP contribution is 2.32. The van der Waals surface area contributed by atoms with Gasteiger partial charge in [-0.3, -0.25) is 9.36 Å². The summed E-state index contributed by atoms with van der Waals surface area (Å²) in [6.07, 6.45) is -2.35. The molecule has 0 saturated carbocycles. The third-order valence-corrected chi connectivity index (χ3v) is 4.88. The molecule has 3 aromatic rings. The smallest absolute Gasteiger partial charge is 0.344 e. The van der Waals surface area contributed by atoms with Gasteiger partial charge in [0.15, 0.2) is 5.82 Å². The molecular formula is C19H14BrClF3N3O. The van der Waals surface area contributed by atoms with Crippen LogP contribution in [-0.2, 0) is 6.18 Å². The van der Waals surface area contributed by atoms with Gasteiger partial charge in [-0.25, -0.2) is 4.98 Å². The van der Waals surface area contributed by atoms with Gasteiger partial charge in [-0.05, 0) is 42.8 Å². The molecule has 1 atom stereocenters. The van der Waals surface area contributed by atoms with Crippen molar-refractivity contribution in [3.8, 4) is 5.82 Å². The van der Waals surface area contributed by atoms with Gasteiger partial charge >= 0.3 is 6.18 Å². The summed E-state index contributed by atoms with van der Waals surface area (Å²) in [5, 5.41) is 2.65. The van der Waals surface area contributed by atoms with E-state index in [-0.39, 0.29) is 22.6 Å². The fourth-order valence-electron chi connectivity index (χ4n) is 2.62. The van der Waals surface area contributed by atoms with Crippen LogP contribution in [0.25, 0.3) is 5.82 Å². The summed E-state index contributed by atoms with van der Waals surface area (Å²) >= 11 is 9.36.